The second-order valence-corrected chi connectivity index (χ2v) is 8.74. The molecule has 0 fully saturated rings. The third-order valence-corrected chi connectivity index (χ3v) is 6.28. The Morgan fingerprint density at radius 3 is 2.58 bits per heavy atom. The summed E-state index contributed by atoms with van der Waals surface area (Å²) in [6.45, 7) is 2.23. The largest absolute Gasteiger partial charge is 0.467 e. The molecule has 0 spiro atoms. The lowest BCUT2D eigenvalue weighted by Gasteiger charge is -2.21. The van der Waals surface area contributed by atoms with E-state index in [9.17, 15) is 13.2 Å². The minimum Gasteiger partial charge on any atom is -0.467 e. The Balaban J connectivity index is 1.83. The first-order valence-corrected chi connectivity index (χ1v) is 11.2. The van der Waals surface area contributed by atoms with Crippen molar-refractivity contribution in [3.63, 3.8) is 0 Å². The van der Waals surface area contributed by atoms with Crippen LogP contribution in [0.4, 0.5) is 0 Å². The Labute approximate surface area is 182 Å². The van der Waals surface area contributed by atoms with Crippen molar-refractivity contribution in [2.45, 2.75) is 31.3 Å². The number of furan rings is 1. The van der Waals surface area contributed by atoms with E-state index in [1.807, 2.05) is 36.4 Å². The van der Waals surface area contributed by atoms with Crippen LogP contribution in [0.15, 0.2) is 76.2 Å². The first-order valence-electron chi connectivity index (χ1n) is 9.73. The number of hydrogen-bond acceptors (Lipinski definition) is 5. The van der Waals surface area contributed by atoms with Crippen molar-refractivity contribution < 1.29 is 17.6 Å². The average molecular weight is 438 g/mol. The predicted octanol–water partition coefficient (Wildman–Crippen LogP) is 3.62. The summed E-state index contributed by atoms with van der Waals surface area (Å²) in [7, 11) is -3.83. The van der Waals surface area contributed by atoms with Crippen molar-refractivity contribution in [3.05, 3.63) is 89.4 Å². The standard InChI is InChI=1S/C23H23N3O4S/c1-18-10-11-20(23(27)26(13-6-12-24)17-21-9-5-14-30-21)15-22(18)31(28,29)25-16-19-7-3-2-4-8-19/h2-5,7-11,14-15,25H,6,13,16-17H2,1H3. The van der Waals surface area contributed by atoms with E-state index in [-0.39, 0.29) is 42.4 Å². The highest BCUT2D eigenvalue weighted by Gasteiger charge is 2.22. The molecule has 0 aliphatic carbocycles. The Hall–Kier alpha value is -3.41. The molecule has 160 valence electrons. The number of carbonyl (C=O) groups is 1. The number of rotatable bonds is 9. The van der Waals surface area contributed by atoms with Crippen molar-refractivity contribution in [2.24, 2.45) is 0 Å². The molecule has 31 heavy (non-hydrogen) atoms. The summed E-state index contributed by atoms with van der Waals surface area (Å²) in [5.74, 6) is 0.210. The summed E-state index contributed by atoms with van der Waals surface area (Å²) in [6.07, 6.45) is 1.67. The second-order valence-electron chi connectivity index (χ2n) is 7.00. The van der Waals surface area contributed by atoms with Gasteiger partial charge < -0.3 is 9.32 Å². The molecule has 0 radical (unpaired) electrons. The van der Waals surface area contributed by atoms with E-state index < -0.39 is 10.0 Å². The molecule has 3 rings (SSSR count). The number of amides is 1. The molecule has 2 aromatic carbocycles. The van der Waals surface area contributed by atoms with Crippen LogP contribution in [0.5, 0.6) is 0 Å². The maximum atomic E-state index is 13.1. The zero-order valence-corrected chi connectivity index (χ0v) is 17.9. The van der Waals surface area contributed by atoms with Crippen LogP contribution in [0, 0.1) is 18.3 Å². The fourth-order valence-corrected chi connectivity index (χ4v) is 4.37. The summed E-state index contributed by atoms with van der Waals surface area (Å²) < 4.78 is 33.7. The van der Waals surface area contributed by atoms with Crippen LogP contribution < -0.4 is 4.72 Å². The monoisotopic (exact) mass is 437 g/mol. The van der Waals surface area contributed by atoms with Gasteiger partial charge in [0.05, 0.1) is 30.2 Å². The normalized spacial score (nSPS) is 11.1. The smallest absolute Gasteiger partial charge is 0.254 e. The first-order chi connectivity index (χ1) is 14.9. The van der Waals surface area contributed by atoms with E-state index in [1.165, 1.54) is 17.2 Å². The van der Waals surface area contributed by atoms with Crippen LogP contribution in [-0.4, -0.2) is 25.8 Å². The molecule has 0 saturated heterocycles. The molecule has 3 aromatic rings. The highest BCUT2D eigenvalue weighted by atomic mass is 32.2. The quantitative estimate of drug-likeness (QED) is 0.551. The number of aryl methyl sites for hydroxylation is 1. The zero-order chi connectivity index (χ0) is 22.3. The van der Waals surface area contributed by atoms with Crippen LogP contribution in [0.3, 0.4) is 0 Å². The fraction of sp³-hybridized carbons (Fsp3) is 0.217. The van der Waals surface area contributed by atoms with Gasteiger partial charge >= 0.3 is 0 Å². The van der Waals surface area contributed by atoms with Gasteiger partial charge in [0.1, 0.15) is 5.76 Å². The van der Waals surface area contributed by atoms with Crippen LogP contribution in [0.2, 0.25) is 0 Å². The summed E-state index contributed by atoms with van der Waals surface area (Å²) in [4.78, 5) is 14.6. The molecule has 0 saturated carbocycles. The zero-order valence-electron chi connectivity index (χ0n) is 17.1. The molecule has 0 atom stereocenters. The lowest BCUT2D eigenvalue weighted by atomic mass is 10.1. The molecule has 0 unspecified atom stereocenters. The van der Waals surface area contributed by atoms with E-state index in [1.54, 1.807) is 31.2 Å². The van der Waals surface area contributed by atoms with Crippen molar-refractivity contribution in [3.8, 4) is 6.07 Å². The summed E-state index contributed by atoms with van der Waals surface area (Å²) >= 11 is 0. The SMILES string of the molecule is Cc1ccc(C(=O)N(CCC#N)Cc2ccco2)cc1S(=O)(=O)NCc1ccccc1. The number of hydrogen-bond donors (Lipinski definition) is 1. The lowest BCUT2D eigenvalue weighted by Crippen LogP contribution is -2.32. The van der Waals surface area contributed by atoms with E-state index >= 15 is 0 Å². The van der Waals surface area contributed by atoms with Gasteiger partial charge in [-0.15, -0.1) is 0 Å². The van der Waals surface area contributed by atoms with E-state index in [0.717, 1.165) is 5.56 Å². The van der Waals surface area contributed by atoms with Crippen molar-refractivity contribution in [2.75, 3.05) is 6.54 Å². The molecule has 1 aromatic heterocycles. The number of nitrogens with one attached hydrogen (secondary N) is 1. The minimum absolute atomic E-state index is 0.0486. The van der Waals surface area contributed by atoms with E-state index in [0.29, 0.717) is 11.3 Å². The Morgan fingerprint density at radius 1 is 1.13 bits per heavy atom. The van der Waals surface area contributed by atoms with E-state index in [2.05, 4.69) is 4.72 Å². The second kappa shape index (κ2) is 10.1. The Morgan fingerprint density at radius 2 is 1.90 bits per heavy atom. The molecule has 1 heterocycles. The number of benzene rings is 2. The molecule has 0 aliphatic heterocycles. The van der Waals surface area contributed by atoms with Crippen LogP contribution in [-0.2, 0) is 23.1 Å². The third kappa shape index (κ3) is 5.81. The molecule has 8 heteroatoms. The number of nitrogens with zero attached hydrogens (tertiary/aromatic N) is 2. The van der Waals surface area contributed by atoms with Crippen LogP contribution in [0.1, 0.15) is 33.7 Å². The Bertz CT molecular complexity index is 1170. The fourth-order valence-electron chi connectivity index (χ4n) is 3.09. The summed E-state index contributed by atoms with van der Waals surface area (Å²) in [5.41, 5.74) is 1.60. The topological polar surface area (TPSA) is 103 Å². The van der Waals surface area contributed by atoms with E-state index in [4.69, 9.17) is 9.68 Å². The van der Waals surface area contributed by atoms with Crippen LogP contribution >= 0.6 is 0 Å². The maximum Gasteiger partial charge on any atom is 0.254 e. The highest BCUT2D eigenvalue weighted by Crippen LogP contribution is 2.20. The Kier molecular flexibility index (Phi) is 7.23. The van der Waals surface area contributed by atoms with Gasteiger partial charge in [-0.25, -0.2) is 13.1 Å². The first kappa shape index (κ1) is 22.3. The van der Waals surface area contributed by atoms with Crippen molar-refractivity contribution in [1.82, 2.24) is 9.62 Å². The van der Waals surface area contributed by atoms with Gasteiger partial charge in [0.2, 0.25) is 10.0 Å². The van der Waals surface area contributed by atoms with Gasteiger partial charge in [-0.1, -0.05) is 36.4 Å². The molecule has 1 amide bonds. The third-order valence-electron chi connectivity index (χ3n) is 4.74. The van der Waals surface area contributed by atoms with Gasteiger partial charge in [0.15, 0.2) is 0 Å². The van der Waals surface area contributed by atoms with Gasteiger partial charge in [0, 0.05) is 18.7 Å². The molecule has 1 N–H and O–H groups in total. The summed E-state index contributed by atoms with van der Waals surface area (Å²) in [6, 6.07) is 19.3. The average Bonchev–Trinajstić information content (AvgIpc) is 3.29. The van der Waals surface area contributed by atoms with Gasteiger partial charge in [0.25, 0.3) is 5.91 Å². The number of sulfonamides is 1. The van der Waals surface area contributed by atoms with Crippen molar-refractivity contribution >= 4 is 15.9 Å². The predicted molar refractivity (Wildman–Crippen MR) is 115 cm³/mol. The lowest BCUT2D eigenvalue weighted by molar-refractivity contribution is 0.0735. The highest BCUT2D eigenvalue weighted by molar-refractivity contribution is 7.89. The number of carbonyl (C=O) groups excluding carboxylic acids is 1. The molecule has 0 aliphatic rings. The maximum absolute atomic E-state index is 13.1. The summed E-state index contributed by atoms with van der Waals surface area (Å²) in [5, 5.41) is 8.93. The van der Waals surface area contributed by atoms with Crippen molar-refractivity contribution in [1.29, 1.82) is 5.26 Å². The molecular weight excluding hydrogens is 414 g/mol. The van der Waals surface area contributed by atoms with Gasteiger partial charge in [-0.3, -0.25) is 4.79 Å². The van der Waals surface area contributed by atoms with Gasteiger partial charge in [-0.05, 0) is 42.3 Å². The molecule has 0 bridgehead atoms. The minimum atomic E-state index is -3.83. The molecule has 7 nitrogen and oxygen atoms in total. The van der Waals surface area contributed by atoms with Crippen LogP contribution in [0.25, 0.3) is 0 Å². The number of nitriles is 1. The van der Waals surface area contributed by atoms with Gasteiger partial charge in [-0.2, -0.15) is 5.26 Å². The molecular formula is C23H23N3O4S.